The average Bonchev–Trinajstić information content (AvgIpc) is 2.05. The van der Waals surface area contributed by atoms with Gasteiger partial charge in [-0.05, 0) is 24.7 Å². The third kappa shape index (κ3) is 2.01. The zero-order valence-electron chi connectivity index (χ0n) is 6.93. The second-order valence-electron chi connectivity index (χ2n) is 3.52. The highest BCUT2D eigenvalue weighted by molar-refractivity contribution is 14.1. The first-order chi connectivity index (χ1) is 4.55. The minimum atomic E-state index is -0.238. The van der Waals surface area contributed by atoms with Crippen molar-refractivity contribution in [1.29, 1.82) is 0 Å². The smallest absolute Gasteiger partial charge is 0.0384 e. The van der Waals surface area contributed by atoms with Gasteiger partial charge in [-0.1, -0.05) is 6.92 Å². The summed E-state index contributed by atoms with van der Waals surface area (Å²) in [6, 6.07) is 0.866. The summed E-state index contributed by atoms with van der Waals surface area (Å²) in [5, 5.41) is 0. The normalized spacial score (nSPS) is 36.2. The molecule has 1 rings (SSSR count). The van der Waals surface area contributed by atoms with Gasteiger partial charge in [0.05, 0.1) is 0 Å². The van der Waals surface area contributed by atoms with Crippen LogP contribution in [0.5, 0.6) is 0 Å². The highest BCUT2D eigenvalue weighted by atomic mass is 127. The molecule has 10 heavy (non-hydrogen) atoms. The molecule has 62 valence electrons. The van der Waals surface area contributed by atoms with E-state index in [0.29, 0.717) is 0 Å². The van der Waals surface area contributed by atoms with Crippen LogP contribution in [0.25, 0.3) is 0 Å². The van der Waals surface area contributed by atoms with E-state index in [1.54, 1.807) is 0 Å². The third-order valence-corrected chi connectivity index (χ3v) is 5.84. The van der Waals surface area contributed by atoms with Gasteiger partial charge in [-0.25, -0.2) is 13.1 Å². The molecule has 1 heterocycles. The Labute approximate surface area is 79.4 Å². The number of hydrogen-bond acceptors (Lipinski definition) is 1. The molecule has 1 nitrogen and oxygen atoms in total. The number of rotatable bonds is 1. The molecule has 0 amide bonds. The van der Waals surface area contributed by atoms with Gasteiger partial charge in [0, 0.05) is 34.8 Å². The Balaban J connectivity index is 2.52. The number of hydrogen-bond donors (Lipinski definition) is 0. The summed E-state index contributed by atoms with van der Waals surface area (Å²) in [5.41, 5.74) is 0. The topological polar surface area (TPSA) is 3.24 Å². The van der Waals surface area contributed by atoms with Crippen LogP contribution < -0.4 is 0 Å². The molecule has 1 fully saturated rings. The van der Waals surface area contributed by atoms with Crippen molar-refractivity contribution in [2.24, 2.45) is 0 Å². The molecule has 3 heteroatoms. The molecule has 1 unspecified atom stereocenters. The van der Waals surface area contributed by atoms with Gasteiger partial charge in [-0.2, -0.15) is 0 Å². The van der Waals surface area contributed by atoms with Crippen molar-refractivity contribution in [1.82, 2.24) is 3.11 Å². The van der Waals surface area contributed by atoms with E-state index in [-0.39, 0.29) is 10.0 Å². The van der Waals surface area contributed by atoms with Crippen LogP contribution in [-0.2, 0) is 0 Å². The third-order valence-electron chi connectivity index (χ3n) is 1.98. The zero-order chi connectivity index (χ0) is 7.78. The molecule has 0 aromatic carbocycles. The van der Waals surface area contributed by atoms with E-state index in [4.69, 9.17) is 0 Å². The maximum atomic E-state index is 2.49. The maximum Gasteiger partial charge on any atom is 0.0384 e. The van der Waals surface area contributed by atoms with Gasteiger partial charge < -0.3 is 0 Å². The van der Waals surface area contributed by atoms with Crippen LogP contribution in [-0.4, -0.2) is 33.3 Å². The Bertz CT molecular complexity index is 127. The van der Waals surface area contributed by atoms with Crippen LogP contribution in [0.1, 0.15) is 13.3 Å². The molecule has 1 atom stereocenters. The van der Waals surface area contributed by atoms with E-state index in [1.165, 1.54) is 18.1 Å². The number of halogens is 1. The molecule has 0 spiro atoms. The Hall–Kier alpha value is 1.04. The molecule has 0 aromatic rings. The standard InChI is InChI=1S/C7H16INS/c1-4-7-5-10(2,3)6-9(7)8/h7H,4-6H2,1-3H3. The van der Waals surface area contributed by atoms with E-state index < -0.39 is 0 Å². The molecule has 1 aliphatic heterocycles. The summed E-state index contributed by atoms with van der Waals surface area (Å²) in [4.78, 5) is 0. The minimum Gasteiger partial charge on any atom is -0.235 e. The summed E-state index contributed by atoms with van der Waals surface area (Å²) < 4.78 is 2.49. The summed E-state index contributed by atoms with van der Waals surface area (Å²) in [6.07, 6.45) is 6.20. The van der Waals surface area contributed by atoms with Crippen molar-refractivity contribution >= 4 is 32.9 Å². The van der Waals surface area contributed by atoms with Gasteiger partial charge in [-0.3, -0.25) is 0 Å². The van der Waals surface area contributed by atoms with E-state index in [9.17, 15) is 0 Å². The maximum absolute atomic E-state index is 2.49. The first-order valence-corrected chi connectivity index (χ1v) is 7.41. The quantitative estimate of drug-likeness (QED) is 0.524. The van der Waals surface area contributed by atoms with Gasteiger partial charge in [0.25, 0.3) is 0 Å². The van der Waals surface area contributed by atoms with Crippen molar-refractivity contribution < 1.29 is 0 Å². The molecule has 0 radical (unpaired) electrons. The molecule has 0 aromatic heterocycles. The lowest BCUT2D eigenvalue weighted by atomic mass is 10.3. The molecule has 0 bridgehead atoms. The first-order valence-electron chi connectivity index (χ1n) is 3.66. The van der Waals surface area contributed by atoms with Crippen molar-refractivity contribution in [3.8, 4) is 0 Å². The predicted octanol–water partition coefficient (Wildman–Crippen LogP) is 2.45. The highest BCUT2D eigenvalue weighted by Gasteiger charge is 2.31. The molecule has 0 saturated carbocycles. The first kappa shape index (κ1) is 9.13. The van der Waals surface area contributed by atoms with E-state index in [2.05, 4.69) is 45.4 Å². The molecular formula is C7H16INS. The van der Waals surface area contributed by atoms with Crippen LogP contribution in [0.4, 0.5) is 0 Å². The lowest BCUT2D eigenvalue weighted by molar-refractivity contribution is 0.473. The Morgan fingerprint density at radius 3 is 2.40 bits per heavy atom. The Kier molecular flexibility index (Phi) is 2.91. The van der Waals surface area contributed by atoms with Crippen LogP contribution in [0, 0.1) is 0 Å². The molecule has 0 N–H and O–H groups in total. The largest absolute Gasteiger partial charge is 0.235 e. The molecular weight excluding hydrogens is 257 g/mol. The summed E-state index contributed by atoms with van der Waals surface area (Å²) in [5.74, 6) is 2.79. The second-order valence-corrected chi connectivity index (χ2v) is 8.89. The van der Waals surface area contributed by atoms with Gasteiger partial charge in [0.15, 0.2) is 0 Å². The monoisotopic (exact) mass is 273 g/mol. The second kappa shape index (κ2) is 3.19. The van der Waals surface area contributed by atoms with Gasteiger partial charge in [0.2, 0.25) is 0 Å². The zero-order valence-corrected chi connectivity index (χ0v) is 9.91. The van der Waals surface area contributed by atoms with Gasteiger partial charge >= 0.3 is 0 Å². The van der Waals surface area contributed by atoms with E-state index in [0.717, 1.165) is 6.04 Å². The highest BCUT2D eigenvalue weighted by Crippen LogP contribution is 2.49. The summed E-state index contributed by atoms with van der Waals surface area (Å²) in [7, 11) is -0.238. The van der Waals surface area contributed by atoms with Gasteiger partial charge in [-0.15, -0.1) is 0 Å². The average molecular weight is 273 g/mol. The summed E-state index contributed by atoms with van der Waals surface area (Å²) in [6.45, 7) is 2.29. The van der Waals surface area contributed by atoms with Gasteiger partial charge in [0.1, 0.15) is 0 Å². The minimum absolute atomic E-state index is 0.238. The van der Waals surface area contributed by atoms with Crippen molar-refractivity contribution in [3.63, 3.8) is 0 Å². The van der Waals surface area contributed by atoms with Crippen LogP contribution in [0.3, 0.4) is 0 Å². The van der Waals surface area contributed by atoms with Crippen LogP contribution >= 0.6 is 32.9 Å². The Morgan fingerprint density at radius 2 is 2.20 bits per heavy atom. The molecule has 1 saturated heterocycles. The SMILES string of the molecule is CCC1CS(C)(C)CN1I. The number of nitrogens with zero attached hydrogens (tertiary/aromatic N) is 1. The lowest BCUT2D eigenvalue weighted by Gasteiger charge is -2.22. The molecule has 1 aliphatic rings. The molecule has 0 aliphatic carbocycles. The fourth-order valence-corrected chi connectivity index (χ4v) is 6.97. The lowest BCUT2D eigenvalue weighted by Crippen LogP contribution is -2.19. The summed E-state index contributed by atoms with van der Waals surface area (Å²) >= 11 is 2.47. The fraction of sp³-hybridized carbons (Fsp3) is 1.00. The van der Waals surface area contributed by atoms with Crippen molar-refractivity contribution in [3.05, 3.63) is 0 Å². The predicted molar refractivity (Wildman–Crippen MR) is 59.1 cm³/mol. The van der Waals surface area contributed by atoms with Crippen molar-refractivity contribution in [2.45, 2.75) is 19.4 Å². The Morgan fingerprint density at radius 1 is 1.60 bits per heavy atom. The fourth-order valence-electron chi connectivity index (χ4n) is 1.41. The van der Waals surface area contributed by atoms with Crippen LogP contribution in [0.15, 0.2) is 0 Å². The van der Waals surface area contributed by atoms with Crippen LogP contribution in [0.2, 0.25) is 0 Å². The van der Waals surface area contributed by atoms with E-state index in [1.807, 2.05) is 0 Å². The van der Waals surface area contributed by atoms with E-state index >= 15 is 0 Å². The van der Waals surface area contributed by atoms with Crippen molar-refractivity contribution in [2.75, 3.05) is 24.1 Å².